The predicted octanol–water partition coefficient (Wildman–Crippen LogP) is 4.92. The maximum atomic E-state index is 13.6. The molecule has 182 valence electrons. The third-order valence-corrected chi connectivity index (χ3v) is 10.2. The minimum absolute atomic E-state index is 0.140. The second kappa shape index (κ2) is 11.7. The summed E-state index contributed by atoms with van der Waals surface area (Å²) in [6, 6.07) is 5.12. The number of piperidine rings is 1. The minimum Gasteiger partial charge on any atom is -0.303 e. The summed E-state index contributed by atoms with van der Waals surface area (Å²) in [6.07, 6.45) is 8.67. The molecule has 1 heterocycles. The van der Waals surface area contributed by atoms with E-state index in [2.05, 4.69) is 20.8 Å². The second-order valence-corrected chi connectivity index (χ2v) is 12.6. The van der Waals surface area contributed by atoms with E-state index in [-0.39, 0.29) is 11.9 Å². The molecular formula is C24H39BrFN3O2S. The third kappa shape index (κ3) is 6.75. The SMILES string of the molecule is CCN([C@H]1CC[C@H](CCN2CCC(Cc3cc(F)ccc3Br)CC2)CC1)S(=O)(=O)N(C)C. The van der Waals surface area contributed by atoms with Crippen LogP contribution in [0, 0.1) is 17.7 Å². The zero-order valence-corrected chi connectivity index (χ0v) is 22.2. The lowest BCUT2D eigenvalue weighted by Crippen LogP contribution is -2.47. The molecule has 0 atom stereocenters. The van der Waals surface area contributed by atoms with E-state index in [1.807, 2.05) is 13.0 Å². The van der Waals surface area contributed by atoms with Crippen molar-refractivity contribution in [1.29, 1.82) is 0 Å². The van der Waals surface area contributed by atoms with E-state index in [1.54, 1.807) is 24.5 Å². The molecule has 0 amide bonds. The number of halogens is 2. The Morgan fingerprint density at radius 1 is 1.06 bits per heavy atom. The molecule has 1 aromatic carbocycles. The summed E-state index contributed by atoms with van der Waals surface area (Å²) < 4.78 is 42.7. The van der Waals surface area contributed by atoms with Crippen molar-refractivity contribution in [1.82, 2.24) is 13.5 Å². The van der Waals surface area contributed by atoms with Gasteiger partial charge in [-0.25, -0.2) is 4.39 Å². The summed E-state index contributed by atoms with van der Waals surface area (Å²) in [5.74, 6) is 1.17. The largest absolute Gasteiger partial charge is 0.303 e. The van der Waals surface area contributed by atoms with Gasteiger partial charge in [0.05, 0.1) is 0 Å². The number of likely N-dealkylation sites (tertiary alicyclic amines) is 1. The molecule has 0 N–H and O–H groups in total. The molecular weight excluding hydrogens is 493 g/mol. The topological polar surface area (TPSA) is 43.9 Å². The van der Waals surface area contributed by atoms with Crippen molar-refractivity contribution < 1.29 is 12.8 Å². The average Bonchev–Trinajstić information content (AvgIpc) is 2.77. The number of hydrogen-bond acceptors (Lipinski definition) is 3. The molecule has 0 aromatic heterocycles. The Morgan fingerprint density at radius 3 is 2.31 bits per heavy atom. The number of nitrogens with zero attached hydrogens (tertiary/aromatic N) is 3. The van der Waals surface area contributed by atoms with Crippen LogP contribution in [0.4, 0.5) is 4.39 Å². The van der Waals surface area contributed by atoms with Crippen LogP contribution in [0.2, 0.25) is 0 Å². The third-order valence-electron chi connectivity index (χ3n) is 7.37. The van der Waals surface area contributed by atoms with E-state index in [1.165, 1.54) is 29.6 Å². The summed E-state index contributed by atoms with van der Waals surface area (Å²) in [6.45, 7) is 5.86. The van der Waals surface area contributed by atoms with Crippen molar-refractivity contribution in [3.05, 3.63) is 34.1 Å². The molecule has 0 spiro atoms. The van der Waals surface area contributed by atoms with Gasteiger partial charge >= 0.3 is 0 Å². The van der Waals surface area contributed by atoms with Gasteiger partial charge in [-0.3, -0.25) is 0 Å². The maximum Gasteiger partial charge on any atom is 0.281 e. The second-order valence-electron chi connectivity index (χ2n) is 9.68. The van der Waals surface area contributed by atoms with Crippen LogP contribution in [0.5, 0.6) is 0 Å². The molecule has 5 nitrogen and oxygen atoms in total. The van der Waals surface area contributed by atoms with Gasteiger partial charge in [0.1, 0.15) is 5.82 Å². The lowest BCUT2D eigenvalue weighted by atomic mass is 9.83. The van der Waals surface area contributed by atoms with Crippen molar-refractivity contribution in [3.8, 4) is 0 Å². The lowest BCUT2D eigenvalue weighted by Gasteiger charge is -2.38. The van der Waals surface area contributed by atoms with Crippen LogP contribution in [0.25, 0.3) is 0 Å². The van der Waals surface area contributed by atoms with E-state index in [4.69, 9.17) is 0 Å². The zero-order valence-electron chi connectivity index (χ0n) is 19.8. The van der Waals surface area contributed by atoms with Crippen LogP contribution in [0.1, 0.15) is 57.4 Å². The van der Waals surface area contributed by atoms with E-state index in [0.29, 0.717) is 18.4 Å². The standard InChI is InChI=1S/C24H39BrFN3O2S/c1-4-29(32(30,31)27(2)3)23-8-5-19(6-9-23)11-14-28-15-12-20(13-16-28)17-21-18-22(26)7-10-24(21)25/h7,10,18-20,23H,4-6,8-9,11-17H2,1-3H3/t19-,23-. The number of rotatable bonds is 9. The highest BCUT2D eigenvalue weighted by molar-refractivity contribution is 9.10. The van der Waals surface area contributed by atoms with E-state index in [9.17, 15) is 12.8 Å². The molecule has 0 unspecified atom stereocenters. The van der Waals surface area contributed by atoms with Gasteiger partial charge in [-0.15, -0.1) is 0 Å². The van der Waals surface area contributed by atoms with Crippen molar-refractivity contribution in [2.75, 3.05) is 40.3 Å². The van der Waals surface area contributed by atoms with Gasteiger partial charge in [0.2, 0.25) is 0 Å². The lowest BCUT2D eigenvalue weighted by molar-refractivity contribution is 0.155. The fraction of sp³-hybridized carbons (Fsp3) is 0.750. The number of benzene rings is 1. The highest BCUT2D eigenvalue weighted by Crippen LogP contribution is 2.32. The molecule has 2 aliphatic rings. The van der Waals surface area contributed by atoms with Crippen LogP contribution in [-0.2, 0) is 16.6 Å². The first-order valence-electron chi connectivity index (χ1n) is 12.1. The van der Waals surface area contributed by atoms with Crippen LogP contribution in [0.3, 0.4) is 0 Å². The Labute approximate surface area is 202 Å². The Morgan fingerprint density at radius 2 is 1.72 bits per heavy atom. The fourth-order valence-electron chi connectivity index (χ4n) is 5.33. The normalized spacial score (nSPS) is 23.8. The first kappa shape index (κ1) is 26.1. The van der Waals surface area contributed by atoms with Crippen molar-refractivity contribution in [2.24, 2.45) is 11.8 Å². The van der Waals surface area contributed by atoms with Crippen molar-refractivity contribution in [2.45, 2.75) is 64.3 Å². The molecule has 8 heteroatoms. The molecule has 1 aliphatic heterocycles. The molecule has 0 radical (unpaired) electrons. The quantitative estimate of drug-likeness (QED) is 0.454. The average molecular weight is 533 g/mol. The Kier molecular flexibility index (Phi) is 9.56. The first-order valence-corrected chi connectivity index (χ1v) is 14.2. The maximum absolute atomic E-state index is 13.6. The van der Waals surface area contributed by atoms with Gasteiger partial charge in [-0.2, -0.15) is 17.0 Å². The molecule has 1 saturated heterocycles. The summed E-state index contributed by atoms with van der Waals surface area (Å²) in [7, 11) is -0.104. The van der Waals surface area contributed by atoms with Gasteiger partial charge < -0.3 is 4.90 Å². The molecule has 0 bridgehead atoms. The summed E-state index contributed by atoms with van der Waals surface area (Å²) in [4.78, 5) is 2.58. The Bertz CT molecular complexity index is 836. The van der Waals surface area contributed by atoms with Crippen LogP contribution >= 0.6 is 15.9 Å². The van der Waals surface area contributed by atoms with Gasteiger partial charge in [0, 0.05) is 31.2 Å². The van der Waals surface area contributed by atoms with Crippen molar-refractivity contribution in [3.63, 3.8) is 0 Å². The Balaban J connectivity index is 1.38. The van der Waals surface area contributed by atoms with Crippen molar-refractivity contribution >= 4 is 26.1 Å². The summed E-state index contributed by atoms with van der Waals surface area (Å²) >= 11 is 3.56. The minimum atomic E-state index is -3.33. The van der Waals surface area contributed by atoms with E-state index in [0.717, 1.165) is 61.8 Å². The Hall–Kier alpha value is -0.540. The van der Waals surface area contributed by atoms with Gasteiger partial charge in [-0.05, 0) is 107 Å². The highest BCUT2D eigenvalue weighted by Gasteiger charge is 2.33. The monoisotopic (exact) mass is 531 g/mol. The molecule has 2 fully saturated rings. The smallest absolute Gasteiger partial charge is 0.281 e. The summed E-state index contributed by atoms with van der Waals surface area (Å²) in [5, 5.41) is 0. The first-order chi connectivity index (χ1) is 15.2. The highest BCUT2D eigenvalue weighted by atomic mass is 79.9. The van der Waals surface area contributed by atoms with Crippen LogP contribution in [-0.4, -0.2) is 68.2 Å². The molecule has 32 heavy (non-hydrogen) atoms. The van der Waals surface area contributed by atoms with Crippen LogP contribution < -0.4 is 0 Å². The molecule has 1 saturated carbocycles. The van der Waals surface area contributed by atoms with Gasteiger partial charge in [0.25, 0.3) is 10.2 Å². The van der Waals surface area contributed by atoms with Gasteiger partial charge in [0.15, 0.2) is 0 Å². The van der Waals surface area contributed by atoms with E-state index >= 15 is 0 Å². The molecule has 1 aliphatic carbocycles. The van der Waals surface area contributed by atoms with Crippen LogP contribution in [0.15, 0.2) is 22.7 Å². The zero-order chi connectivity index (χ0) is 23.3. The predicted molar refractivity (Wildman–Crippen MR) is 132 cm³/mol. The fourth-order valence-corrected chi connectivity index (χ4v) is 7.07. The number of hydrogen-bond donors (Lipinski definition) is 0. The van der Waals surface area contributed by atoms with Gasteiger partial charge in [-0.1, -0.05) is 22.9 Å². The summed E-state index contributed by atoms with van der Waals surface area (Å²) in [5.41, 5.74) is 1.08. The molecule has 3 rings (SSSR count). The van der Waals surface area contributed by atoms with E-state index < -0.39 is 10.2 Å². The molecule has 1 aromatic rings.